The van der Waals surface area contributed by atoms with Gasteiger partial charge in [-0.15, -0.1) is 0 Å². The molecule has 0 amide bonds. The average molecular weight is 516 g/mol. The van der Waals surface area contributed by atoms with Crippen LogP contribution in [0.15, 0.2) is 68.0 Å². The first kappa shape index (κ1) is 19.7. The molecule has 2 aromatic carbocycles. The second-order valence-corrected chi connectivity index (χ2v) is 8.16. The van der Waals surface area contributed by atoms with Crippen molar-refractivity contribution in [1.29, 1.82) is 5.41 Å². The summed E-state index contributed by atoms with van der Waals surface area (Å²) in [5, 5.41) is 9.15. The first-order chi connectivity index (χ1) is 13.9. The van der Waals surface area contributed by atoms with Gasteiger partial charge in [-0.05, 0) is 75.2 Å². The first-order valence-corrected chi connectivity index (χ1v) is 10.4. The highest BCUT2D eigenvalue weighted by atomic mass is 79.9. The summed E-state index contributed by atoms with van der Waals surface area (Å²) >= 11 is 6.94. The van der Waals surface area contributed by atoms with Gasteiger partial charge in [0.1, 0.15) is 6.10 Å². The topological polar surface area (TPSA) is 89.3 Å². The van der Waals surface area contributed by atoms with Crippen LogP contribution < -0.4 is 11.1 Å². The minimum atomic E-state index is -0.567. The summed E-state index contributed by atoms with van der Waals surface area (Å²) in [5.41, 5.74) is 9.11. The number of benzene rings is 3. The van der Waals surface area contributed by atoms with Crippen LogP contribution in [0, 0.1) is 5.41 Å². The standard InChI is InChI=1S/C22H16Br2N2O3/c1-11(28-22(27)12-5-3-2-4-6-12)17-13-7-9-15(25)18(23)20(13)29-21-14(17)8-10-16(26)19(21)24/h2-11,25H,26H2,1H3. The normalized spacial score (nSPS) is 12.2. The Labute approximate surface area is 183 Å². The number of carbonyl (C=O) groups excluding carboxylic acids is 1. The highest BCUT2D eigenvalue weighted by molar-refractivity contribution is 9.11. The highest BCUT2D eigenvalue weighted by Gasteiger charge is 2.26. The third kappa shape index (κ3) is 3.45. The molecule has 3 N–H and O–H groups in total. The van der Waals surface area contributed by atoms with Crippen molar-refractivity contribution in [3.63, 3.8) is 0 Å². The number of hydrogen-bond acceptors (Lipinski definition) is 5. The lowest BCUT2D eigenvalue weighted by Gasteiger charge is -2.22. The maximum absolute atomic E-state index is 12.6. The zero-order valence-electron chi connectivity index (χ0n) is 15.3. The van der Waals surface area contributed by atoms with Crippen LogP contribution in [0.2, 0.25) is 0 Å². The number of ether oxygens (including phenoxy) is 1. The van der Waals surface area contributed by atoms with Gasteiger partial charge in [-0.1, -0.05) is 18.2 Å². The van der Waals surface area contributed by atoms with Crippen LogP contribution >= 0.6 is 31.9 Å². The molecule has 0 bridgehead atoms. The van der Waals surface area contributed by atoms with Crippen LogP contribution in [0.3, 0.4) is 0 Å². The van der Waals surface area contributed by atoms with Crippen LogP contribution in [0.5, 0.6) is 0 Å². The van der Waals surface area contributed by atoms with E-state index in [1.165, 1.54) is 0 Å². The molecule has 146 valence electrons. The van der Waals surface area contributed by atoms with E-state index >= 15 is 0 Å². The van der Waals surface area contributed by atoms with Gasteiger partial charge in [-0.25, -0.2) is 4.79 Å². The number of fused-ring (bicyclic) bond motifs is 2. The molecule has 29 heavy (non-hydrogen) atoms. The second-order valence-electron chi connectivity index (χ2n) is 6.58. The maximum atomic E-state index is 12.6. The Kier molecular flexibility index (Phi) is 5.19. The second kappa shape index (κ2) is 7.65. The minimum absolute atomic E-state index is 0.292. The van der Waals surface area contributed by atoms with Crippen LogP contribution in [0.1, 0.15) is 28.9 Å². The molecule has 0 spiro atoms. The SMILES string of the molecule is CC(OC(=O)c1ccccc1)c1c2ccc(=N)c(Br)c-2oc2c(Br)c(N)ccc12. The van der Waals surface area contributed by atoms with E-state index in [1.807, 2.05) is 19.1 Å². The molecule has 1 heterocycles. The van der Waals surface area contributed by atoms with Crippen molar-refractivity contribution >= 4 is 54.5 Å². The van der Waals surface area contributed by atoms with E-state index in [4.69, 9.17) is 20.3 Å². The molecule has 4 rings (SSSR count). The molecule has 7 heteroatoms. The van der Waals surface area contributed by atoms with Crippen LogP contribution in [0.25, 0.3) is 22.3 Å². The lowest BCUT2D eigenvalue weighted by Crippen LogP contribution is -2.12. The summed E-state index contributed by atoms with van der Waals surface area (Å²) in [4.78, 5) is 12.6. The predicted molar refractivity (Wildman–Crippen MR) is 119 cm³/mol. The zero-order chi connectivity index (χ0) is 20.7. The number of anilines is 1. The van der Waals surface area contributed by atoms with Gasteiger partial charge in [-0.2, -0.15) is 0 Å². The molecule has 0 radical (unpaired) electrons. The average Bonchev–Trinajstić information content (AvgIpc) is 2.73. The molecule has 2 aliphatic rings. The number of hydrogen-bond donors (Lipinski definition) is 2. The molecule has 0 saturated carbocycles. The van der Waals surface area contributed by atoms with Crippen molar-refractivity contribution < 1.29 is 13.9 Å². The van der Waals surface area contributed by atoms with Gasteiger partial charge in [0.05, 0.1) is 19.9 Å². The fourth-order valence-corrected chi connectivity index (χ4v) is 4.15. The molecule has 1 unspecified atom stereocenters. The number of esters is 1. The van der Waals surface area contributed by atoms with E-state index < -0.39 is 12.1 Å². The van der Waals surface area contributed by atoms with Crippen molar-refractivity contribution in [2.24, 2.45) is 0 Å². The number of nitrogen functional groups attached to an aromatic ring is 1. The van der Waals surface area contributed by atoms with E-state index in [9.17, 15) is 4.79 Å². The van der Waals surface area contributed by atoms with E-state index in [0.29, 0.717) is 36.9 Å². The van der Waals surface area contributed by atoms with Gasteiger partial charge in [0.2, 0.25) is 0 Å². The van der Waals surface area contributed by atoms with Crippen molar-refractivity contribution in [3.05, 3.63) is 80.0 Å². The predicted octanol–water partition coefficient (Wildman–Crippen LogP) is 6.04. The fourth-order valence-electron chi connectivity index (χ4n) is 3.30. The van der Waals surface area contributed by atoms with Crippen LogP contribution in [-0.4, -0.2) is 5.97 Å². The van der Waals surface area contributed by atoms with Gasteiger partial charge in [-0.3, -0.25) is 5.41 Å². The van der Waals surface area contributed by atoms with Gasteiger partial charge >= 0.3 is 5.97 Å². The van der Waals surface area contributed by atoms with E-state index in [0.717, 1.165) is 16.5 Å². The first-order valence-electron chi connectivity index (χ1n) is 8.82. The van der Waals surface area contributed by atoms with Gasteiger partial charge < -0.3 is 14.9 Å². The van der Waals surface area contributed by atoms with Crippen molar-refractivity contribution in [3.8, 4) is 11.3 Å². The molecule has 1 aliphatic carbocycles. The Morgan fingerprint density at radius 3 is 2.52 bits per heavy atom. The molecule has 0 saturated heterocycles. The summed E-state index contributed by atoms with van der Waals surface area (Å²) in [6, 6.07) is 16.0. The lowest BCUT2D eigenvalue weighted by atomic mass is 9.95. The summed E-state index contributed by atoms with van der Waals surface area (Å²) in [7, 11) is 0. The molecule has 2 aromatic rings. The Bertz CT molecular complexity index is 1270. The van der Waals surface area contributed by atoms with Crippen molar-refractivity contribution in [1.82, 2.24) is 0 Å². The molecule has 1 aliphatic heterocycles. The Morgan fingerprint density at radius 2 is 1.79 bits per heavy atom. The molecular formula is C22H16Br2N2O3. The monoisotopic (exact) mass is 514 g/mol. The highest BCUT2D eigenvalue weighted by Crippen LogP contribution is 2.43. The summed E-state index contributed by atoms with van der Waals surface area (Å²) < 4.78 is 13.0. The third-order valence-electron chi connectivity index (χ3n) is 4.71. The Hall–Kier alpha value is -2.64. The van der Waals surface area contributed by atoms with Gasteiger partial charge in [0.15, 0.2) is 11.3 Å². The van der Waals surface area contributed by atoms with E-state index in [2.05, 4.69) is 31.9 Å². The van der Waals surface area contributed by atoms with Gasteiger partial charge in [0, 0.05) is 22.2 Å². The molecule has 1 atom stereocenters. The molecular weight excluding hydrogens is 500 g/mol. The smallest absolute Gasteiger partial charge is 0.338 e. The van der Waals surface area contributed by atoms with E-state index in [1.54, 1.807) is 42.5 Å². The largest absolute Gasteiger partial charge is 0.454 e. The number of halogens is 2. The van der Waals surface area contributed by atoms with Crippen molar-refractivity contribution in [2.45, 2.75) is 13.0 Å². The molecule has 0 fully saturated rings. The number of nitrogens with two attached hydrogens (primary N) is 1. The number of rotatable bonds is 3. The summed E-state index contributed by atoms with van der Waals surface area (Å²) in [6.45, 7) is 1.82. The molecule has 5 nitrogen and oxygen atoms in total. The fraction of sp³-hybridized carbons (Fsp3) is 0.0909. The summed E-state index contributed by atoms with van der Waals surface area (Å²) in [5.74, 6) is 0.0831. The zero-order valence-corrected chi connectivity index (χ0v) is 18.5. The number of nitrogens with one attached hydrogen (secondary N) is 1. The molecule has 0 aromatic heterocycles. The van der Waals surface area contributed by atoms with Crippen LogP contribution in [-0.2, 0) is 4.74 Å². The third-order valence-corrected chi connectivity index (χ3v) is 6.31. The Balaban J connectivity index is 1.93. The summed E-state index contributed by atoms with van der Waals surface area (Å²) in [6.07, 6.45) is -0.567. The van der Waals surface area contributed by atoms with Gasteiger partial charge in [0.25, 0.3) is 0 Å². The van der Waals surface area contributed by atoms with Crippen LogP contribution in [0.4, 0.5) is 5.69 Å². The van der Waals surface area contributed by atoms with Crippen molar-refractivity contribution in [2.75, 3.05) is 5.73 Å². The Morgan fingerprint density at radius 1 is 1.07 bits per heavy atom. The number of carbonyl (C=O) groups is 1. The quantitative estimate of drug-likeness (QED) is 0.197. The lowest BCUT2D eigenvalue weighted by molar-refractivity contribution is 0.0341. The maximum Gasteiger partial charge on any atom is 0.338 e. The van der Waals surface area contributed by atoms with E-state index in [-0.39, 0.29) is 0 Å². The minimum Gasteiger partial charge on any atom is -0.454 e.